The van der Waals surface area contributed by atoms with Crippen LogP contribution in [-0.4, -0.2) is 10.1 Å². The number of phenols is 1. The molecule has 100 valence electrons. The van der Waals surface area contributed by atoms with E-state index in [9.17, 15) is 5.11 Å². The van der Waals surface area contributed by atoms with E-state index >= 15 is 0 Å². The third-order valence-corrected chi connectivity index (χ3v) is 3.84. The van der Waals surface area contributed by atoms with E-state index in [0.29, 0.717) is 5.02 Å². The number of nitrogens with one attached hydrogen (secondary N) is 1. The number of aromatic hydroxyl groups is 1. The molecular weight excluding hydrogens is 338 g/mol. The van der Waals surface area contributed by atoms with E-state index in [1.807, 2.05) is 30.4 Å². The van der Waals surface area contributed by atoms with E-state index in [1.54, 1.807) is 12.1 Å². The van der Waals surface area contributed by atoms with E-state index in [1.165, 1.54) is 0 Å². The summed E-state index contributed by atoms with van der Waals surface area (Å²) in [5, 5.41) is 11.1. The first-order valence-corrected chi connectivity index (χ1v) is 7.24. The summed E-state index contributed by atoms with van der Waals surface area (Å²) in [4.78, 5) is 3.33. The summed E-state index contributed by atoms with van der Waals surface area (Å²) >= 11 is 9.24. The fourth-order valence-electron chi connectivity index (χ4n) is 2.03. The van der Waals surface area contributed by atoms with Crippen LogP contribution >= 0.6 is 27.5 Å². The second kappa shape index (κ2) is 5.35. The maximum atomic E-state index is 9.56. The highest BCUT2D eigenvalue weighted by Gasteiger charge is 2.00. The topological polar surface area (TPSA) is 36.0 Å². The first kappa shape index (κ1) is 13.3. The number of phenolic OH excluding ortho intramolecular Hbond substituents is 1. The van der Waals surface area contributed by atoms with Gasteiger partial charge in [-0.05, 0) is 42.0 Å². The van der Waals surface area contributed by atoms with Crippen LogP contribution in [0.15, 0.2) is 46.9 Å². The predicted molar refractivity (Wildman–Crippen MR) is 88.0 cm³/mol. The second-order valence-electron chi connectivity index (χ2n) is 4.50. The lowest BCUT2D eigenvalue weighted by Gasteiger charge is -1.97. The number of H-pyrrole nitrogens is 1. The van der Waals surface area contributed by atoms with Crippen LogP contribution in [0.2, 0.25) is 5.02 Å². The molecule has 1 aromatic heterocycles. The molecule has 4 heteroatoms. The maximum Gasteiger partial charge on any atom is 0.134 e. The largest absolute Gasteiger partial charge is 0.506 e. The highest BCUT2D eigenvalue weighted by atomic mass is 79.9. The molecule has 0 atom stereocenters. The molecule has 2 aromatic carbocycles. The number of fused-ring (bicyclic) bond motifs is 1. The normalized spacial score (nSPS) is 11.5. The summed E-state index contributed by atoms with van der Waals surface area (Å²) in [5.41, 5.74) is 2.98. The third kappa shape index (κ3) is 2.74. The van der Waals surface area contributed by atoms with Gasteiger partial charge >= 0.3 is 0 Å². The molecule has 3 rings (SSSR count). The molecule has 3 aromatic rings. The van der Waals surface area contributed by atoms with Crippen LogP contribution in [0.5, 0.6) is 5.75 Å². The lowest BCUT2D eigenvalue weighted by molar-refractivity contribution is 0.475. The Kier molecular flexibility index (Phi) is 3.55. The highest BCUT2D eigenvalue weighted by molar-refractivity contribution is 9.10. The van der Waals surface area contributed by atoms with Crippen molar-refractivity contribution in [2.75, 3.05) is 0 Å². The number of rotatable bonds is 2. The van der Waals surface area contributed by atoms with Gasteiger partial charge in [-0.2, -0.15) is 0 Å². The lowest BCUT2D eigenvalue weighted by Crippen LogP contribution is -1.74. The molecule has 0 radical (unpaired) electrons. The van der Waals surface area contributed by atoms with Crippen molar-refractivity contribution in [1.29, 1.82) is 0 Å². The number of hydrogen-bond acceptors (Lipinski definition) is 1. The molecule has 0 spiro atoms. The van der Waals surface area contributed by atoms with Crippen molar-refractivity contribution in [3.8, 4) is 5.75 Å². The zero-order valence-electron chi connectivity index (χ0n) is 10.4. The molecule has 2 nitrogen and oxygen atoms in total. The molecule has 0 unspecified atom stereocenters. The summed E-state index contributed by atoms with van der Waals surface area (Å²) in [5.74, 6) is 0.0920. The van der Waals surface area contributed by atoms with Crippen LogP contribution in [0.25, 0.3) is 23.1 Å². The van der Waals surface area contributed by atoms with Gasteiger partial charge in [0.1, 0.15) is 5.75 Å². The van der Waals surface area contributed by atoms with Crippen molar-refractivity contribution in [2.24, 2.45) is 0 Å². The third-order valence-electron chi connectivity index (χ3n) is 3.03. The Morgan fingerprint density at radius 2 is 1.90 bits per heavy atom. The number of benzene rings is 2. The van der Waals surface area contributed by atoms with Crippen LogP contribution < -0.4 is 0 Å². The van der Waals surface area contributed by atoms with Crippen LogP contribution in [0.3, 0.4) is 0 Å². The van der Waals surface area contributed by atoms with Crippen molar-refractivity contribution >= 4 is 50.6 Å². The summed E-state index contributed by atoms with van der Waals surface area (Å²) in [6, 6.07) is 13.4. The first-order chi connectivity index (χ1) is 9.61. The summed E-state index contributed by atoms with van der Waals surface area (Å²) in [6.07, 6.45) is 3.90. The Morgan fingerprint density at radius 1 is 1.05 bits per heavy atom. The molecule has 2 N–H and O–H groups in total. The molecule has 20 heavy (non-hydrogen) atoms. The smallest absolute Gasteiger partial charge is 0.134 e. The first-order valence-electron chi connectivity index (χ1n) is 6.07. The van der Waals surface area contributed by atoms with Gasteiger partial charge < -0.3 is 10.1 Å². The molecule has 0 aliphatic carbocycles. The van der Waals surface area contributed by atoms with Gasteiger partial charge in [-0.3, -0.25) is 0 Å². The molecule has 0 aliphatic heterocycles. The molecule has 0 saturated heterocycles. The SMILES string of the molecule is Oc1cc(C=Cc2cc3ccc(Br)cc3[nH]2)ccc1Cl. The predicted octanol–water partition coefficient (Wildman–Crippen LogP) is 5.46. The lowest BCUT2D eigenvalue weighted by atomic mass is 10.2. The average molecular weight is 349 g/mol. The van der Waals surface area contributed by atoms with Crippen molar-refractivity contribution in [1.82, 2.24) is 4.98 Å². The van der Waals surface area contributed by atoms with Crippen molar-refractivity contribution in [3.63, 3.8) is 0 Å². The molecule has 0 aliphatic rings. The van der Waals surface area contributed by atoms with E-state index in [4.69, 9.17) is 11.6 Å². The fraction of sp³-hybridized carbons (Fsp3) is 0. The minimum atomic E-state index is 0.0920. The van der Waals surface area contributed by atoms with Gasteiger partial charge in [-0.1, -0.05) is 45.7 Å². The number of aromatic amines is 1. The Labute approximate surface area is 129 Å². The number of aromatic nitrogens is 1. The van der Waals surface area contributed by atoms with Gasteiger partial charge in [0, 0.05) is 21.1 Å². The molecule has 0 fully saturated rings. The van der Waals surface area contributed by atoms with Crippen molar-refractivity contribution < 1.29 is 5.11 Å². The van der Waals surface area contributed by atoms with Crippen molar-refractivity contribution in [2.45, 2.75) is 0 Å². The Bertz CT molecular complexity index is 807. The van der Waals surface area contributed by atoms with E-state index < -0.39 is 0 Å². The standard InChI is InChI=1S/C16H11BrClNO/c17-12-4-3-11-8-13(19-15(11)9-12)5-1-10-2-6-14(18)16(20)7-10/h1-9,19-20H. The van der Waals surface area contributed by atoms with Gasteiger partial charge in [-0.15, -0.1) is 0 Å². The van der Waals surface area contributed by atoms with Crippen LogP contribution in [0.4, 0.5) is 0 Å². The van der Waals surface area contributed by atoms with Crippen LogP contribution in [-0.2, 0) is 0 Å². The van der Waals surface area contributed by atoms with Crippen LogP contribution in [0.1, 0.15) is 11.3 Å². The fourth-order valence-corrected chi connectivity index (χ4v) is 2.51. The quantitative estimate of drug-likeness (QED) is 0.634. The molecular formula is C16H11BrClNO. The molecule has 1 heterocycles. The van der Waals surface area contributed by atoms with Gasteiger partial charge in [-0.25, -0.2) is 0 Å². The van der Waals surface area contributed by atoms with E-state index in [-0.39, 0.29) is 5.75 Å². The minimum Gasteiger partial charge on any atom is -0.506 e. The maximum absolute atomic E-state index is 9.56. The van der Waals surface area contributed by atoms with Crippen LogP contribution in [0, 0.1) is 0 Å². The summed E-state index contributed by atoms with van der Waals surface area (Å²) in [6.45, 7) is 0. The number of halogens is 2. The Morgan fingerprint density at radius 3 is 2.70 bits per heavy atom. The Balaban J connectivity index is 1.91. The number of hydrogen-bond donors (Lipinski definition) is 2. The highest BCUT2D eigenvalue weighted by Crippen LogP contribution is 2.25. The summed E-state index contributed by atoms with van der Waals surface area (Å²) in [7, 11) is 0. The van der Waals surface area contributed by atoms with E-state index in [0.717, 1.165) is 26.6 Å². The van der Waals surface area contributed by atoms with E-state index in [2.05, 4.69) is 33.0 Å². The zero-order valence-corrected chi connectivity index (χ0v) is 12.7. The summed E-state index contributed by atoms with van der Waals surface area (Å²) < 4.78 is 1.05. The Hall–Kier alpha value is -1.71. The van der Waals surface area contributed by atoms with Gasteiger partial charge in [0.25, 0.3) is 0 Å². The molecule has 0 saturated carbocycles. The van der Waals surface area contributed by atoms with Crippen molar-refractivity contribution in [3.05, 3.63) is 63.2 Å². The van der Waals surface area contributed by atoms with Gasteiger partial charge in [0.15, 0.2) is 0 Å². The average Bonchev–Trinajstić information content (AvgIpc) is 2.82. The van der Waals surface area contributed by atoms with Gasteiger partial charge in [0.05, 0.1) is 5.02 Å². The molecule has 0 amide bonds. The molecule has 0 bridgehead atoms. The zero-order chi connectivity index (χ0) is 14.1. The second-order valence-corrected chi connectivity index (χ2v) is 5.82. The monoisotopic (exact) mass is 347 g/mol. The van der Waals surface area contributed by atoms with Gasteiger partial charge in [0.2, 0.25) is 0 Å². The minimum absolute atomic E-state index is 0.0920.